The van der Waals surface area contributed by atoms with E-state index < -0.39 is 0 Å². The van der Waals surface area contributed by atoms with E-state index in [-0.39, 0.29) is 0 Å². The highest BCUT2D eigenvalue weighted by molar-refractivity contribution is 9.10. The standard InChI is InChI=1S/C25H30BrN3/c1-5-8-18-24(27-19-21-15-10-11-16-22(21)26)28-25(13-6-2)29(7-3)23-17-12-9-14-20(23)4/h6-7,9-18,27H,3,5,8,19H2,1-2,4H3/b13-6-,24-18+,28-25+. The molecule has 0 spiro atoms. The fourth-order valence-corrected chi connectivity index (χ4v) is 3.28. The summed E-state index contributed by atoms with van der Waals surface area (Å²) < 4.78 is 1.09. The van der Waals surface area contributed by atoms with Crippen molar-refractivity contribution in [3.8, 4) is 0 Å². The first kappa shape index (κ1) is 22.7. The van der Waals surface area contributed by atoms with Crippen molar-refractivity contribution in [2.45, 2.75) is 40.2 Å². The van der Waals surface area contributed by atoms with Crippen LogP contribution < -0.4 is 10.2 Å². The van der Waals surface area contributed by atoms with Gasteiger partial charge in [0.2, 0.25) is 0 Å². The first-order valence-corrected chi connectivity index (χ1v) is 10.8. The van der Waals surface area contributed by atoms with Crippen LogP contribution in [0.5, 0.6) is 0 Å². The van der Waals surface area contributed by atoms with Crippen LogP contribution in [0.4, 0.5) is 5.69 Å². The predicted octanol–water partition coefficient (Wildman–Crippen LogP) is 7.11. The van der Waals surface area contributed by atoms with Gasteiger partial charge < -0.3 is 10.2 Å². The van der Waals surface area contributed by atoms with E-state index >= 15 is 0 Å². The molecule has 0 radical (unpaired) electrons. The van der Waals surface area contributed by atoms with E-state index in [4.69, 9.17) is 4.99 Å². The maximum Gasteiger partial charge on any atom is 0.139 e. The molecule has 29 heavy (non-hydrogen) atoms. The Morgan fingerprint density at radius 1 is 1.17 bits per heavy atom. The Kier molecular flexibility index (Phi) is 9.45. The molecule has 0 unspecified atom stereocenters. The number of anilines is 1. The van der Waals surface area contributed by atoms with Crippen LogP contribution in [0.25, 0.3) is 0 Å². The van der Waals surface area contributed by atoms with E-state index in [9.17, 15) is 0 Å². The smallest absolute Gasteiger partial charge is 0.139 e. The molecule has 0 saturated heterocycles. The van der Waals surface area contributed by atoms with E-state index in [1.165, 1.54) is 11.1 Å². The molecule has 1 N–H and O–H groups in total. The van der Waals surface area contributed by atoms with Gasteiger partial charge in [-0.05, 0) is 55.7 Å². The molecule has 0 saturated carbocycles. The fraction of sp³-hybridized carbons (Fsp3) is 0.240. The Balaban J connectivity index is 2.36. The molecule has 0 aliphatic heterocycles. The molecular formula is C25H30BrN3. The molecular weight excluding hydrogens is 422 g/mol. The van der Waals surface area contributed by atoms with Gasteiger partial charge in [0.25, 0.3) is 0 Å². The number of aryl methyl sites for hydroxylation is 1. The number of benzene rings is 2. The van der Waals surface area contributed by atoms with Crippen molar-refractivity contribution in [3.63, 3.8) is 0 Å². The average Bonchev–Trinajstić information content (AvgIpc) is 2.73. The number of rotatable bonds is 9. The summed E-state index contributed by atoms with van der Waals surface area (Å²) in [6, 6.07) is 16.5. The molecule has 0 atom stereocenters. The molecule has 0 aliphatic rings. The molecule has 0 fully saturated rings. The summed E-state index contributed by atoms with van der Waals surface area (Å²) in [5.74, 6) is 1.68. The number of hydrogen-bond donors (Lipinski definition) is 1. The fourth-order valence-electron chi connectivity index (χ4n) is 2.86. The molecule has 4 heteroatoms. The summed E-state index contributed by atoms with van der Waals surface area (Å²) in [5.41, 5.74) is 3.43. The molecule has 0 aliphatic carbocycles. The first-order chi connectivity index (χ1) is 14.1. The molecule has 0 amide bonds. The molecule has 152 valence electrons. The normalized spacial score (nSPS) is 12.3. The van der Waals surface area contributed by atoms with Crippen LogP contribution in [0.3, 0.4) is 0 Å². The first-order valence-electron chi connectivity index (χ1n) is 9.97. The van der Waals surface area contributed by atoms with Gasteiger partial charge in [0.15, 0.2) is 0 Å². The van der Waals surface area contributed by atoms with Crippen molar-refractivity contribution in [2.75, 3.05) is 4.90 Å². The van der Waals surface area contributed by atoms with Crippen LogP contribution >= 0.6 is 15.9 Å². The Morgan fingerprint density at radius 2 is 1.90 bits per heavy atom. The van der Waals surface area contributed by atoms with Gasteiger partial charge in [-0.25, -0.2) is 4.99 Å². The number of nitrogens with zero attached hydrogens (tertiary/aromatic N) is 2. The summed E-state index contributed by atoms with van der Waals surface area (Å²) in [7, 11) is 0. The minimum absolute atomic E-state index is 0.696. The highest BCUT2D eigenvalue weighted by Gasteiger charge is 2.11. The van der Waals surface area contributed by atoms with E-state index in [1.807, 2.05) is 54.4 Å². The van der Waals surface area contributed by atoms with Crippen LogP contribution in [0.1, 0.15) is 37.8 Å². The number of unbranched alkanes of at least 4 members (excludes halogenated alkanes) is 1. The van der Waals surface area contributed by atoms with Gasteiger partial charge in [0.05, 0.1) is 0 Å². The SMILES string of the molecule is C=CN(C(/C=C\C)=N/C(=C/CCC)NCc1ccccc1Br)c1ccccc1C. The van der Waals surface area contributed by atoms with Crippen molar-refractivity contribution in [2.24, 2.45) is 4.99 Å². The van der Waals surface area contributed by atoms with E-state index in [1.54, 1.807) is 0 Å². The van der Waals surface area contributed by atoms with E-state index in [2.05, 4.69) is 72.0 Å². The second kappa shape index (κ2) is 12.1. The number of halogens is 1. The zero-order valence-corrected chi connectivity index (χ0v) is 19.1. The Hall–Kier alpha value is -2.59. The van der Waals surface area contributed by atoms with Gasteiger partial charge in [-0.2, -0.15) is 0 Å². The zero-order chi connectivity index (χ0) is 21.1. The summed E-state index contributed by atoms with van der Waals surface area (Å²) in [5, 5.41) is 3.49. The Bertz CT molecular complexity index is 896. The lowest BCUT2D eigenvalue weighted by Crippen LogP contribution is -2.25. The summed E-state index contributed by atoms with van der Waals surface area (Å²) in [4.78, 5) is 6.98. The summed E-state index contributed by atoms with van der Waals surface area (Å²) in [6.45, 7) is 11.0. The molecule has 0 heterocycles. The van der Waals surface area contributed by atoms with Crippen LogP contribution in [-0.2, 0) is 6.54 Å². The molecule has 3 nitrogen and oxygen atoms in total. The van der Waals surface area contributed by atoms with Crippen molar-refractivity contribution < 1.29 is 0 Å². The topological polar surface area (TPSA) is 27.6 Å². The third-order valence-electron chi connectivity index (χ3n) is 4.40. The second-order valence-electron chi connectivity index (χ2n) is 6.63. The Morgan fingerprint density at radius 3 is 2.55 bits per heavy atom. The average molecular weight is 452 g/mol. The lowest BCUT2D eigenvalue weighted by molar-refractivity contribution is 0.782. The zero-order valence-electron chi connectivity index (χ0n) is 17.5. The van der Waals surface area contributed by atoms with Crippen LogP contribution in [0.15, 0.2) is 94.8 Å². The van der Waals surface area contributed by atoms with Crippen molar-refractivity contribution >= 4 is 27.5 Å². The predicted molar refractivity (Wildman–Crippen MR) is 130 cm³/mol. The molecule has 2 rings (SSSR count). The minimum Gasteiger partial charge on any atom is -0.366 e. The Labute approximate surface area is 183 Å². The van der Waals surface area contributed by atoms with Crippen LogP contribution in [0, 0.1) is 6.92 Å². The van der Waals surface area contributed by atoms with Gasteiger partial charge >= 0.3 is 0 Å². The molecule has 0 bridgehead atoms. The molecule has 0 aromatic heterocycles. The lowest BCUT2D eigenvalue weighted by atomic mass is 10.2. The quantitative estimate of drug-likeness (QED) is 0.324. The maximum absolute atomic E-state index is 4.96. The number of aliphatic imine (C=N–C) groups is 1. The van der Waals surface area contributed by atoms with Gasteiger partial charge in [-0.3, -0.25) is 0 Å². The third kappa shape index (κ3) is 6.75. The number of nitrogens with one attached hydrogen (secondary N) is 1. The number of hydrogen-bond acceptors (Lipinski definition) is 2. The van der Waals surface area contributed by atoms with Gasteiger partial charge in [0.1, 0.15) is 11.7 Å². The van der Waals surface area contributed by atoms with Gasteiger partial charge in [-0.15, -0.1) is 0 Å². The van der Waals surface area contributed by atoms with Crippen molar-refractivity contribution in [1.29, 1.82) is 0 Å². The highest BCUT2D eigenvalue weighted by atomic mass is 79.9. The number of para-hydroxylation sites is 1. The second-order valence-corrected chi connectivity index (χ2v) is 7.49. The van der Waals surface area contributed by atoms with E-state index in [0.29, 0.717) is 6.54 Å². The highest BCUT2D eigenvalue weighted by Crippen LogP contribution is 2.21. The van der Waals surface area contributed by atoms with Crippen molar-refractivity contribution in [1.82, 2.24) is 5.32 Å². The number of allylic oxidation sites excluding steroid dienone is 2. The van der Waals surface area contributed by atoms with Gasteiger partial charge in [-0.1, -0.05) is 78.3 Å². The van der Waals surface area contributed by atoms with Crippen LogP contribution in [0.2, 0.25) is 0 Å². The molecule has 2 aromatic carbocycles. The summed E-state index contributed by atoms with van der Waals surface area (Å²) in [6.07, 6.45) is 10.00. The number of amidine groups is 1. The lowest BCUT2D eigenvalue weighted by Gasteiger charge is -2.23. The van der Waals surface area contributed by atoms with Crippen molar-refractivity contribution in [3.05, 3.63) is 101 Å². The van der Waals surface area contributed by atoms with Crippen LogP contribution in [-0.4, -0.2) is 5.84 Å². The third-order valence-corrected chi connectivity index (χ3v) is 5.17. The largest absolute Gasteiger partial charge is 0.366 e. The minimum atomic E-state index is 0.696. The van der Waals surface area contributed by atoms with E-state index in [0.717, 1.165) is 34.7 Å². The molecule has 2 aromatic rings. The monoisotopic (exact) mass is 451 g/mol. The maximum atomic E-state index is 4.96. The van der Waals surface area contributed by atoms with Gasteiger partial charge in [0, 0.05) is 22.9 Å². The summed E-state index contributed by atoms with van der Waals surface area (Å²) >= 11 is 3.62.